The molecule has 0 aliphatic heterocycles. The van der Waals surface area contributed by atoms with Gasteiger partial charge in [0.25, 0.3) is 0 Å². The maximum atomic E-state index is 2.36. The molecule has 0 amide bonds. The zero-order chi connectivity index (χ0) is 15.0. The smallest absolute Gasteiger partial charge is 0.0299 e. The van der Waals surface area contributed by atoms with Crippen molar-refractivity contribution in [2.45, 2.75) is 88.5 Å². The first-order valence-corrected chi connectivity index (χ1v) is 7.42. The van der Waals surface area contributed by atoms with Crippen LogP contribution < -0.4 is 0 Å². The third kappa shape index (κ3) is 24.8. The monoisotopic (exact) mass is 254 g/mol. The van der Waals surface area contributed by atoms with Crippen molar-refractivity contribution in [2.24, 2.45) is 16.2 Å². The molecule has 0 N–H and O–H groups in total. The van der Waals surface area contributed by atoms with Crippen LogP contribution in [0, 0.1) is 16.2 Å². The van der Waals surface area contributed by atoms with E-state index in [9.17, 15) is 0 Å². The van der Waals surface area contributed by atoms with Crippen molar-refractivity contribution in [1.29, 1.82) is 0 Å². The largest absolute Gasteiger partial charge is 0.0888 e. The highest BCUT2D eigenvalue weighted by molar-refractivity contribution is 4.88. The van der Waals surface area contributed by atoms with Gasteiger partial charge in [-0.05, 0) is 35.5 Å². The molecule has 0 nitrogen and oxygen atoms in total. The fraction of sp³-hybridized carbons (Fsp3) is 0.889. The molecular weight excluding hydrogens is 216 g/mol. The van der Waals surface area contributed by atoms with E-state index >= 15 is 0 Å². The van der Waals surface area contributed by atoms with Gasteiger partial charge in [-0.25, -0.2) is 0 Å². The molecule has 0 unspecified atom stereocenters. The highest BCUT2D eigenvalue weighted by Crippen LogP contribution is 2.35. The van der Waals surface area contributed by atoms with Crippen LogP contribution in [-0.4, -0.2) is 0 Å². The van der Waals surface area contributed by atoms with Crippen molar-refractivity contribution >= 4 is 0 Å². The van der Waals surface area contributed by atoms with E-state index in [1.54, 1.807) is 0 Å². The Morgan fingerprint density at radius 2 is 1.11 bits per heavy atom. The maximum Gasteiger partial charge on any atom is -0.0299 e. The molecule has 0 saturated heterocycles. The Morgan fingerprint density at radius 3 is 1.39 bits per heavy atom. The third-order valence-corrected chi connectivity index (χ3v) is 2.08. The number of rotatable bonds is 4. The molecule has 0 heterocycles. The van der Waals surface area contributed by atoms with Crippen LogP contribution in [0.1, 0.15) is 88.5 Å². The molecule has 0 spiro atoms. The van der Waals surface area contributed by atoms with Gasteiger partial charge in [-0.15, -0.1) is 0 Å². The lowest BCUT2D eigenvalue weighted by Gasteiger charge is -2.31. The molecule has 18 heavy (non-hydrogen) atoms. The SMILES string of the molecule is CC(C)(C)C.CCC=CCC(C)(C)CC(C)(C)C. The van der Waals surface area contributed by atoms with E-state index in [2.05, 4.69) is 81.4 Å². The summed E-state index contributed by atoms with van der Waals surface area (Å²) in [5.74, 6) is 0. The summed E-state index contributed by atoms with van der Waals surface area (Å²) in [5, 5.41) is 0. The number of hydrogen-bond donors (Lipinski definition) is 0. The van der Waals surface area contributed by atoms with Crippen LogP contribution in [0.5, 0.6) is 0 Å². The first-order valence-electron chi connectivity index (χ1n) is 7.42. The van der Waals surface area contributed by atoms with Crippen LogP contribution in [0.2, 0.25) is 0 Å². The van der Waals surface area contributed by atoms with Crippen molar-refractivity contribution in [3.8, 4) is 0 Å². The molecule has 0 aliphatic rings. The molecule has 0 saturated carbocycles. The Morgan fingerprint density at radius 1 is 0.722 bits per heavy atom. The average Bonchev–Trinajstić information content (AvgIpc) is 1.95. The summed E-state index contributed by atoms with van der Waals surface area (Å²) in [6, 6.07) is 0. The predicted molar refractivity (Wildman–Crippen MR) is 87.0 cm³/mol. The molecule has 0 fully saturated rings. The highest BCUT2D eigenvalue weighted by Gasteiger charge is 2.23. The van der Waals surface area contributed by atoms with Gasteiger partial charge in [0.05, 0.1) is 0 Å². The molecule has 110 valence electrons. The zero-order valence-electron chi connectivity index (χ0n) is 14.8. The Hall–Kier alpha value is -0.260. The summed E-state index contributed by atoms with van der Waals surface area (Å²) in [7, 11) is 0. The number of allylic oxidation sites excluding steroid dienone is 2. The van der Waals surface area contributed by atoms with Gasteiger partial charge in [0.2, 0.25) is 0 Å². The molecule has 0 rings (SSSR count). The lowest BCUT2D eigenvalue weighted by molar-refractivity contribution is 0.215. The molecule has 0 aromatic rings. The summed E-state index contributed by atoms with van der Waals surface area (Å²) < 4.78 is 0. The molecule has 0 aromatic heterocycles. The van der Waals surface area contributed by atoms with Gasteiger partial charge in [0.15, 0.2) is 0 Å². The Kier molecular flexibility index (Phi) is 8.94. The quantitative estimate of drug-likeness (QED) is 0.481. The van der Waals surface area contributed by atoms with E-state index in [0.717, 1.165) is 6.42 Å². The highest BCUT2D eigenvalue weighted by atomic mass is 14.3. The summed E-state index contributed by atoms with van der Waals surface area (Å²) in [4.78, 5) is 0. The predicted octanol–water partition coefficient (Wildman–Crippen LogP) is 6.86. The second-order valence-electron chi connectivity index (χ2n) is 8.99. The second kappa shape index (κ2) is 8.02. The average molecular weight is 255 g/mol. The molecule has 0 heteroatoms. The molecule has 0 radical (unpaired) electrons. The first-order chi connectivity index (χ1) is 7.77. The lowest BCUT2D eigenvalue weighted by Crippen LogP contribution is -2.19. The van der Waals surface area contributed by atoms with Crippen LogP contribution in [0.3, 0.4) is 0 Å². The van der Waals surface area contributed by atoms with Crippen LogP contribution in [0.15, 0.2) is 12.2 Å². The van der Waals surface area contributed by atoms with E-state index in [1.165, 1.54) is 12.8 Å². The minimum absolute atomic E-state index is 0.448. The standard InChI is InChI=1S/C13H26.C5H12/c1-7-8-9-10-13(5,6)11-12(2,3)4;1-5(2,3)4/h8-9H,7,10-11H2,1-6H3;1-4H3. The van der Waals surface area contributed by atoms with Crippen molar-refractivity contribution in [2.75, 3.05) is 0 Å². The second-order valence-corrected chi connectivity index (χ2v) is 8.99. The van der Waals surface area contributed by atoms with Gasteiger partial charge in [0, 0.05) is 0 Å². The summed E-state index contributed by atoms with van der Waals surface area (Å²) >= 11 is 0. The van der Waals surface area contributed by atoms with Gasteiger partial charge in [0.1, 0.15) is 0 Å². The zero-order valence-corrected chi connectivity index (χ0v) is 14.8. The van der Waals surface area contributed by atoms with E-state index in [4.69, 9.17) is 0 Å². The molecule has 0 bridgehead atoms. The Bertz CT molecular complexity index is 211. The van der Waals surface area contributed by atoms with Crippen LogP contribution in [0.25, 0.3) is 0 Å². The van der Waals surface area contributed by atoms with Crippen LogP contribution >= 0.6 is 0 Å². The summed E-state index contributed by atoms with van der Waals surface area (Å²) in [6.07, 6.45) is 8.24. The lowest BCUT2D eigenvalue weighted by atomic mass is 9.74. The van der Waals surface area contributed by atoms with Crippen molar-refractivity contribution in [3.63, 3.8) is 0 Å². The fourth-order valence-corrected chi connectivity index (χ4v) is 2.08. The Labute approximate surface area is 117 Å². The maximum absolute atomic E-state index is 2.36. The normalized spacial score (nSPS) is 13.4. The topological polar surface area (TPSA) is 0 Å². The summed E-state index contributed by atoms with van der Waals surface area (Å²) in [5.41, 5.74) is 1.40. The van der Waals surface area contributed by atoms with Gasteiger partial charge in [-0.3, -0.25) is 0 Å². The molecule has 0 aromatic carbocycles. The van der Waals surface area contributed by atoms with Crippen molar-refractivity contribution < 1.29 is 0 Å². The van der Waals surface area contributed by atoms with E-state index < -0.39 is 0 Å². The summed E-state index contributed by atoms with van der Waals surface area (Å²) in [6.45, 7) is 22.6. The number of hydrogen-bond acceptors (Lipinski definition) is 0. The van der Waals surface area contributed by atoms with Crippen molar-refractivity contribution in [1.82, 2.24) is 0 Å². The fourth-order valence-electron chi connectivity index (χ4n) is 2.08. The van der Waals surface area contributed by atoms with Gasteiger partial charge < -0.3 is 0 Å². The van der Waals surface area contributed by atoms with Gasteiger partial charge in [-0.1, -0.05) is 81.4 Å². The van der Waals surface area contributed by atoms with Crippen LogP contribution in [-0.2, 0) is 0 Å². The van der Waals surface area contributed by atoms with Crippen LogP contribution in [0.4, 0.5) is 0 Å². The molecule has 0 atom stereocenters. The van der Waals surface area contributed by atoms with Crippen molar-refractivity contribution in [3.05, 3.63) is 12.2 Å². The van der Waals surface area contributed by atoms with E-state index in [1.807, 2.05) is 0 Å². The van der Waals surface area contributed by atoms with Gasteiger partial charge >= 0.3 is 0 Å². The van der Waals surface area contributed by atoms with E-state index in [-0.39, 0.29) is 0 Å². The van der Waals surface area contributed by atoms with Gasteiger partial charge in [-0.2, -0.15) is 0 Å². The minimum Gasteiger partial charge on any atom is -0.0888 e. The van der Waals surface area contributed by atoms with E-state index in [0.29, 0.717) is 16.2 Å². The first kappa shape index (κ1) is 20.1. The molecule has 0 aliphatic carbocycles. The minimum atomic E-state index is 0.448. The third-order valence-electron chi connectivity index (χ3n) is 2.08. The Balaban J connectivity index is 0. The molecular formula is C18H38.